The first-order valence-corrected chi connectivity index (χ1v) is 7.03. The number of aryl methyl sites for hydroxylation is 1. The molecule has 110 valence electrons. The molecule has 1 aromatic heterocycles. The molecule has 1 aromatic rings. The zero-order valence-corrected chi connectivity index (χ0v) is 12.3. The molecule has 20 heavy (non-hydrogen) atoms. The van der Waals surface area contributed by atoms with Gasteiger partial charge >= 0.3 is 0 Å². The molecule has 0 aliphatic heterocycles. The zero-order valence-electron chi connectivity index (χ0n) is 12.3. The Balaban J connectivity index is 2.33. The second-order valence-electron chi connectivity index (χ2n) is 5.49. The minimum atomic E-state index is 0.0129. The molecule has 0 amide bonds. The van der Waals surface area contributed by atoms with Crippen molar-refractivity contribution in [3.05, 3.63) is 16.8 Å². The quantitative estimate of drug-likeness (QED) is 0.382. The van der Waals surface area contributed by atoms with Crippen LogP contribution in [0.5, 0.6) is 5.88 Å². The van der Waals surface area contributed by atoms with Gasteiger partial charge in [-0.2, -0.15) is 5.10 Å². The maximum atomic E-state index is 8.95. The predicted molar refractivity (Wildman–Crippen MR) is 76.1 cm³/mol. The van der Waals surface area contributed by atoms with Gasteiger partial charge in [-0.25, -0.2) is 0 Å². The van der Waals surface area contributed by atoms with E-state index >= 15 is 0 Å². The van der Waals surface area contributed by atoms with Crippen molar-refractivity contribution < 1.29 is 9.94 Å². The molecule has 0 spiro atoms. The van der Waals surface area contributed by atoms with Crippen LogP contribution in [0.2, 0.25) is 0 Å². The van der Waals surface area contributed by atoms with Gasteiger partial charge in [0, 0.05) is 0 Å². The van der Waals surface area contributed by atoms with Crippen LogP contribution in [0.15, 0.2) is 5.16 Å². The molecule has 1 aliphatic rings. The Morgan fingerprint density at radius 3 is 2.65 bits per heavy atom. The highest BCUT2D eigenvalue weighted by molar-refractivity contribution is 6.00. The van der Waals surface area contributed by atoms with Gasteiger partial charge in [-0.1, -0.05) is 18.5 Å². The number of ether oxygens (including phenoxy) is 1. The van der Waals surface area contributed by atoms with E-state index in [1.54, 1.807) is 0 Å². The van der Waals surface area contributed by atoms with Crippen LogP contribution in [0.25, 0.3) is 0 Å². The van der Waals surface area contributed by atoms with Crippen LogP contribution in [-0.2, 0) is 0 Å². The van der Waals surface area contributed by atoms with E-state index < -0.39 is 0 Å². The summed E-state index contributed by atoms with van der Waals surface area (Å²) < 4.78 is 6.01. The molecule has 0 saturated heterocycles. The average molecular weight is 278 g/mol. The van der Waals surface area contributed by atoms with E-state index in [0.29, 0.717) is 17.4 Å². The molecule has 0 radical (unpaired) electrons. The van der Waals surface area contributed by atoms with Crippen molar-refractivity contribution in [2.24, 2.45) is 16.8 Å². The molecule has 1 saturated carbocycles. The Labute approximate surface area is 119 Å². The standard InChI is InChI=1S/C14H22N4O2/c1-8-6-4-5-7-11(8)20-14-12(13(15)18-19)9(2)10(3)16-17-14/h8,11,19H,4-7H2,1-3H3,(H2,15,18). The summed E-state index contributed by atoms with van der Waals surface area (Å²) in [5.74, 6) is 0.855. The fourth-order valence-electron chi connectivity index (χ4n) is 2.62. The number of nitrogens with zero attached hydrogens (tertiary/aromatic N) is 3. The number of rotatable bonds is 3. The molecule has 6 heteroatoms. The van der Waals surface area contributed by atoms with E-state index in [2.05, 4.69) is 22.3 Å². The first-order valence-electron chi connectivity index (χ1n) is 7.03. The van der Waals surface area contributed by atoms with Crippen LogP contribution in [-0.4, -0.2) is 27.3 Å². The van der Waals surface area contributed by atoms with Gasteiger partial charge in [0.2, 0.25) is 5.88 Å². The molecule has 1 aliphatic carbocycles. The van der Waals surface area contributed by atoms with E-state index in [1.807, 2.05) is 13.8 Å². The van der Waals surface area contributed by atoms with E-state index in [4.69, 9.17) is 15.7 Å². The molecule has 3 N–H and O–H groups in total. The number of aromatic nitrogens is 2. The highest BCUT2D eigenvalue weighted by Gasteiger charge is 2.26. The normalized spacial score (nSPS) is 23.6. The van der Waals surface area contributed by atoms with E-state index in [9.17, 15) is 0 Å². The Morgan fingerprint density at radius 2 is 2.00 bits per heavy atom. The van der Waals surface area contributed by atoms with Gasteiger partial charge in [0.1, 0.15) is 6.10 Å². The number of hydrogen-bond donors (Lipinski definition) is 2. The van der Waals surface area contributed by atoms with Gasteiger partial charge in [-0.15, -0.1) is 5.10 Å². The Kier molecular flexibility index (Phi) is 4.42. The Bertz CT molecular complexity index is 516. The molecular formula is C14H22N4O2. The van der Waals surface area contributed by atoms with Gasteiger partial charge in [0.25, 0.3) is 0 Å². The first kappa shape index (κ1) is 14.6. The molecule has 2 unspecified atom stereocenters. The summed E-state index contributed by atoms with van der Waals surface area (Å²) in [6.45, 7) is 5.89. The maximum absolute atomic E-state index is 8.95. The third-order valence-electron chi connectivity index (χ3n) is 4.08. The molecule has 6 nitrogen and oxygen atoms in total. The number of amidine groups is 1. The summed E-state index contributed by atoms with van der Waals surface area (Å²) in [6, 6.07) is 0. The summed E-state index contributed by atoms with van der Waals surface area (Å²) in [6.07, 6.45) is 4.68. The second kappa shape index (κ2) is 6.07. The smallest absolute Gasteiger partial charge is 0.245 e. The highest BCUT2D eigenvalue weighted by Crippen LogP contribution is 2.29. The molecule has 1 heterocycles. The van der Waals surface area contributed by atoms with E-state index in [1.165, 1.54) is 6.42 Å². The number of nitrogens with two attached hydrogens (primary N) is 1. The third kappa shape index (κ3) is 2.84. The van der Waals surface area contributed by atoms with Crippen molar-refractivity contribution in [2.75, 3.05) is 0 Å². The van der Waals surface area contributed by atoms with Crippen molar-refractivity contribution in [1.29, 1.82) is 0 Å². The van der Waals surface area contributed by atoms with Crippen LogP contribution in [0.1, 0.15) is 49.4 Å². The fourth-order valence-corrected chi connectivity index (χ4v) is 2.62. The van der Waals surface area contributed by atoms with Crippen LogP contribution < -0.4 is 10.5 Å². The van der Waals surface area contributed by atoms with Gasteiger partial charge < -0.3 is 15.7 Å². The summed E-state index contributed by atoms with van der Waals surface area (Å²) in [4.78, 5) is 0. The third-order valence-corrected chi connectivity index (χ3v) is 4.08. The SMILES string of the molecule is Cc1nnc(OC2CCCCC2C)c(/C(N)=N/O)c1C. The first-order chi connectivity index (χ1) is 9.54. The summed E-state index contributed by atoms with van der Waals surface area (Å²) >= 11 is 0. The van der Waals surface area contributed by atoms with Crippen molar-refractivity contribution >= 4 is 5.84 Å². The molecule has 2 atom stereocenters. The lowest BCUT2D eigenvalue weighted by Gasteiger charge is -2.29. The largest absolute Gasteiger partial charge is 0.472 e. The lowest BCUT2D eigenvalue weighted by atomic mass is 9.88. The number of hydrogen-bond acceptors (Lipinski definition) is 5. The molecular weight excluding hydrogens is 256 g/mol. The highest BCUT2D eigenvalue weighted by atomic mass is 16.5. The van der Waals surface area contributed by atoms with Gasteiger partial charge in [0.15, 0.2) is 5.84 Å². The van der Waals surface area contributed by atoms with Crippen LogP contribution in [0.4, 0.5) is 0 Å². The van der Waals surface area contributed by atoms with Crippen LogP contribution in [0, 0.1) is 19.8 Å². The average Bonchev–Trinajstić information content (AvgIpc) is 2.45. The molecule has 0 bridgehead atoms. The molecule has 2 rings (SSSR count). The zero-order chi connectivity index (χ0) is 14.7. The van der Waals surface area contributed by atoms with Gasteiger partial charge in [-0.05, 0) is 44.6 Å². The summed E-state index contributed by atoms with van der Waals surface area (Å²) in [7, 11) is 0. The second-order valence-corrected chi connectivity index (χ2v) is 5.49. The van der Waals surface area contributed by atoms with Crippen molar-refractivity contribution in [2.45, 2.75) is 52.6 Å². The molecule has 0 aromatic carbocycles. The van der Waals surface area contributed by atoms with Crippen LogP contribution in [0.3, 0.4) is 0 Å². The monoisotopic (exact) mass is 278 g/mol. The summed E-state index contributed by atoms with van der Waals surface area (Å²) in [5.41, 5.74) is 7.87. The minimum absolute atomic E-state index is 0.0129. The molecule has 1 fully saturated rings. The lowest BCUT2D eigenvalue weighted by molar-refractivity contribution is 0.0960. The summed E-state index contributed by atoms with van der Waals surface area (Å²) in [5, 5.41) is 20.2. The maximum Gasteiger partial charge on any atom is 0.245 e. The van der Waals surface area contributed by atoms with Crippen molar-refractivity contribution in [3.63, 3.8) is 0 Å². The Hall–Kier alpha value is -1.85. The van der Waals surface area contributed by atoms with Crippen LogP contribution >= 0.6 is 0 Å². The van der Waals surface area contributed by atoms with Crippen molar-refractivity contribution in [3.8, 4) is 5.88 Å². The van der Waals surface area contributed by atoms with E-state index in [0.717, 1.165) is 30.5 Å². The topological polar surface area (TPSA) is 93.6 Å². The van der Waals surface area contributed by atoms with Gasteiger partial charge in [0.05, 0.1) is 11.3 Å². The van der Waals surface area contributed by atoms with E-state index in [-0.39, 0.29) is 11.9 Å². The minimum Gasteiger partial charge on any atom is -0.472 e. The Morgan fingerprint density at radius 1 is 1.30 bits per heavy atom. The van der Waals surface area contributed by atoms with Gasteiger partial charge in [-0.3, -0.25) is 0 Å². The predicted octanol–water partition coefficient (Wildman–Crippen LogP) is 2.15. The number of oxime groups is 1. The lowest BCUT2D eigenvalue weighted by Crippen LogP contribution is -2.30. The van der Waals surface area contributed by atoms with Crippen molar-refractivity contribution in [1.82, 2.24) is 10.2 Å². The fraction of sp³-hybridized carbons (Fsp3) is 0.643.